The van der Waals surface area contributed by atoms with E-state index in [-0.39, 0.29) is 40.1 Å². The number of carbonyl (C=O) groups excluding carboxylic acids is 1. The molecular weight excluding hydrogens is 407 g/mol. The van der Waals surface area contributed by atoms with Crippen LogP contribution in [0.25, 0.3) is 0 Å². The van der Waals surface area contributed by atoms with Crippen molar-refractivity contribution in [2.75, 3.05) is 16.5 Å². The van der Waals surface area contributed by atoms with Gasteiger partial charge < -0.3 is 9.88 Å². The number of benzene rings is 2. The molecule has 1 amide bonds. The third kappa shape index (κ3) is 3.21. The summed E-state index contributed by atoms with van der Waals surface area (Å²) in [7, 11) is 0. The fourth-order valence-corrected chi connectivity index (χ4v) is 3.85. The van der Waals surface area contributed by atoms with Crippen molar-refractivity contribution < 1.29 is 9.18 Å². The summed E-state index contributed by atoms with van der Waals surface area (Å²) in [5, 5.41) is 9.59. The van der Waals surface area contributed by atoms with Crippen LogP contribution in [-0.4, -0.2) is 17.6 Å². The van der Waals surface area contributed by atoms with Gasteiger partial charge in [0.05, 0.1) is 27.5 Å². The number of anilines is 3. The van der Waals surface area contributed by atoms with Gasteiger partial charge in [0, 0.05) is 17.4 Å². The molecule has 0 atom stereocenters. The smallest absolute Gasteiger partial charge is 0.261 e. The molecule has 30 heavy (non-hydrogen) atoms. The highest BCUT2D eigenvalue weighted by Gasteiger charge is 2.33. The quantitative estimate of drug-likeness (QED) is 0.663. The first-order valence-electron chi connectivity index (χ1n) is 9.09. The van der Waals surface area contributed by atoms with Gasteiger partial charge in [0.1, 0.15) is 18.6 Å². The van der Waals surface area contributed by atoms with Crippen LogP contribution in [0.3, 0.4) is 0 Å². The second-order valence-corrected chi connectivity index (χ2v) is 7.43. The molecule has 0 saturated heterocycles. The van der Waals surface area contributed by atoms with Crippen molar-refractivity contribution in [3.8, 4) is 6.07 Å². The number of rotatable bonds is 2. The molecule has 0 aliphatic carbocycles. The molecule has 150 valence electrons. The van der Waals surface area contributed by atoms with Gasteiger partial charge in [-0.1, -0.05) is 11.6 Å². The van der Waals surface area contributed by atoms with Crippen LogP contribution in [0.4, 0.5) is 21.5 Å². The Balaban J connectivity index is 1.95. The fraction of sp³-hybridized carbons (Fsp3) is 0.136. The summed E-state index contributed by atoms with van der Waals surface area (Å²) in [6.45, 7) is 3.60. The van der Waals surface area contributed by atoms with Crippen molar-refractivity contribution in [3.63, 3.8) is 0 Å². The van der Waals surface area contributed by atoms with E-state index in [0.717, 1.165) is 0 Å². The molecule has 6 nitrogen and oxygen atoms in total. The summed E-state index contributed by atoms with van der Waals surface area (Å²) in [6.07, 6.45) is 0. The molecule has 8 heteroatoms. The lowest BCUT2D eigenvalue weighted by atomic mass is 10.0. The number of nitrogens with one attached hydrogen (secondary N) is 1. The summed E-state index contributed by atoms with van der Waals surface area (Å²) < 4.78 is 13.7. The Bertz CT molecular complexity index is 1300. The predicted molar refractivity (Wildman–Crippen MR) is 113 cm³/mol. The number of aromatic nitrogens is 1. The van der Waals surface area contributed by atoms with Gasteiger partial charge in [-0.2, -0.15) is 5.26 Å². The van der Waals surface area contributed by atoms with E-state index in [2.05, 4.69) is 4.98 Å². The van der Waals surface area contributed by atoms with Crippen molar-refractivity contribution in [3.05, 3.63) is 86.0 Å². The number of nitrogens with zero attached hydrogens (tertiary/aromatic N) is 3. The van der Waals surface area contributed by atoms with E-state index in [9.17, 15) is 19.2 Å². The molecule has 1 aliphatic heterocycles. The first kappa shape index (κ1) is 19.7. The van der Waals surface area contributed by atoms with E-state index < -0.39 is 0 Å². The zero-order valence-electron chi connectivity index (χ0n) is 16.2. The monoisotopic (exact) mass is 422 g/mol. The van der Waals surface area contributed by atoms with Gasteiger partial charge in [0.2, 0.25) is 5.56 Å². The number of amides is 1. The first-order chi connectivity index (χ1) is 14.3. The third-order valence-electron chi connectivity index (χ3n) is 5.08. The van der Waals surface area contributed by atoms with E-state index in [4.69, 9.17) is 11.6 Å². The number of aromatic amines is 1. The van der Waals surface area contributed by atoms with Crippen LogP contribution in [0, 0.1) is 31.0 Å². The van der Waals surface area contributed by atoms with Gasteiger partial charge in [0.15, 0.2) is 0 Å². The molecule has 0 radical (unpaired) electrons. The summed E-state index contributed by atoms with van der Waals surface area (Å²) in [5.41, 5.74) is 3.15. The Labute approximate surface area is 176 Å². The number of halogens is 2. The minimum absolute atomic E-state index is 0.118. The number of hydrogen-bond acceptors (Lipinski definition) is 4. The van der Waals surface area contributed by atoms with Crippen molar-refractivity contribution in [1.29, 1.82) is 5.26 Å². The molecule has 0 spiro atoms. The number of carbonyl (C=O) groups is 1. The second kappa shape index (κ2) is 7.32. The molecule has 1 aromatic heterocycles. The van der Waals surface area contributed by atoms with Gasteiger partial charge >= 0.3 is 0 Å². The predicted octanol–water partition coefficient (Wildman–Crippen LogP) is 4.41. The van der Waals surface area contributed by atoms with Crippen LogP contribution in [0.2, 0.25) is 5.02 Å². The van der Waals surface area contributed by atoms with Crippen molar-refractivity contribution in [2.24, 2.45) is 0 Å². The van der Waals surface area contributed by atoms with Crippen LogP contribution in [0.15, 0.2) is 47.3 Å². The van der Waals surface area contributed by atoms with Crippen LogP contribution in [0.1, 0.15) is 27.2 Å². The molecule has 0 unspecified atom stereocenters. The number of hydrogen-bond donors (Lipinski definition) is 1. The normalized spacial score (nSPS) is 13.2. The van der Waals surface area contributed by atoms with Crippen molar-refractivity contribution >= 4 is 34.6 Å². The number of H-pyrrole nitrogens is 1. The summed E-state index contributed by atoms with van der Waals surface area (Å²) in [5.74, 6) is -0.694. The number of aryl methyl sites for hydroxylation is 2. The SMILES string of the molecule is Cc1cc(F)ccc1N1CN(c2ccc(=O)[nH]c2C)C(=O)c2cc(C#N)c(Cl)cc21. The lowest BCUT2D eigenvalue weighted by molar-refractivity contribution is 0.0983. The minimum Gasteiger partial charge on any atom is -0.324 e. The van der Waals surface area contributed by atoms with Gasteiger partial charge in [-0.3, -0.25) is 14.5 Å². The third-order valence-corrected chi connectivity index (χ3v) is 5.40. The Morgan fingerprint density at radius 3 is 2.43 bits per heavy atom. The Kier molecular flexibility index (Phi) is 4.80. The number of fused-ring (bicyclic) bond motifs is 1. The Morgan fingerprint density at radius 2 is 1.77 bits per heavy atom. The molecule has 2 heterocycles. The zero-order valence-corrected chi connectivity index (χ0v) is 16.9. The lowest BCUT2D eigenvalue weighted by Crippen LogP contribution is -2.45. The Hall–Kier alpha value is -3.63. The van der Waals surface area contributed by atoms with E-state index in [1.807, 2.05) is 11.0 Å². The maximum Gasteiger partial charge on any atom is 0.261 e. The number of nitriles is 1. The van der Waals surface area contributed by atoms with Crippen molar-refractivity contribution in [2.45, 2.75) is 13.8 Å². The highest BCUT2D eigenvalue weighted by molar-refractivity contribution is 6.32. The minimum atomic E-state index is -0.365. The maximum atomic E-state index is 13.7. The van der Waals surface area contributed by atoms with E-state index >= 15 is 0 Å². The summed E-state index contributed by atoms with van der Waals surface area (Å²) >= 11 is 6.25. The number of pyridine rings is 1. The van der Waals surface area contributed by atoms with E-state index in [0.29, 0.717) is 28.3 Å². The summed E-state index contributed by atoms with van der Waals surface area (Å²) in [4.78, 5) is 31.0. The standard InChI is InChI=1S/C22H16ClFN4O2/c1-12-7-15(24)3-4-18(12)27-11-28(19-5-6-21(29)26-13(19)2)22(30)16-8-14(10-25)17(23)9-20(16)27/h3-9H,11H2,1-2H3,(H,26,29). The second-order valence-electron chi connectivity index (χ2n) is 7.03. The largest absolute Gasteiger partial charge is 0.324 e. The van der Waals surface area contributed by atoms with Gasteiger partial charge in [-0.25, -0.2) is 4.39 Å². The summed E-state index contributed by atoms with van der Waals surface area (Å²) in [6, 6.07) is 12.3. The molecule has 1 N–H and O–H groups in total. The average molecular weight is 423 g/mol. The lowest BCUT2D eigenvalue weighted by Gasteiger charge is -2.39. The average Bonchev–Trinajstić information content (AvgIpc) is 2.69. The highest BCUT2D eigenvalue weighted by atomic mass is 35.5. The fourth-order valence-electron chi connectivity index (χ4n) is 3.65. The highest BCUT2D eigenvalue weighted by Crippen LogP contribution is 2.39. The molecule has 0 saturated carbocycles. The van der Waals surface area contributed by atoms with E-state index in [1.165, 1.54) is 29.2 Å². The van der Waals surface area contributed by atoms with Gasteiger partial charge in [-0.15, -0.1) is 0 Å². The molecule has 2 aromatic carbocycles. The maximum absolute atomic E-state index is 13.7. The topological polar surface area (TPSA) is 80.2 Å². The molecule has 0 bridgehead atoms. The van der Waals surface area contributed by atoms with Crippen LogP contribution < -0.4 is 15.4 Å². The van der Waals surface area contributed by atoms with Crippen LogP contribution in [-0.2, 0) is 0 Å². The van der Waals surface area contributed by atoms with Gasteiger partial charge in [-0.05, 0) is 55.8 Å². The van der Waals surface area contributed by atoms with Gasteiger partial charge in [0.25, 0.3) is 5.91 Å². The molecular formula is C22H16ClFN4O2. The molecule has 3 aromatic rings. The first-order valence-corrected chi connectivity index (χ1v) is 9.47. The van der Waals surface area contributed by atoms with E-state index in [1.54, 1.807) is 32.0 Å². The molecule has 1 aliphatic rings. The van der Waals surface area contributed by atoms with Crippen LogP contribution in [0.5, 0.6) is 0 Å². The molecule has 4 rings (SSSR count). The van der Waals surface area contributed by atoms with Crippen LogP contribution >= 0.6 is 11.6 Å². The van der Waals surface area contributed by atoms with Crippen molar-refractivity contribution in [1.82, 2.24) is 4.98 Å². The zero-order chi connectivity index (χ0) is 21.6. The Morgan fingerprint density at radius 1 is 1.03 bits per heavy atom. The molecule has 0 fully saturated rings.